The Morgan fingerprint density at radius 3 is 1.50 bits per heavy atom. The molecule has 0 N–H and O–H groups in total. The maximum absolute atomic E-state index is 2.26. The van der Waals surface area contributed by atoms with Crippen LogP contribution in [-0.4, -0.2) is 20.7 Å². The lowest BCUT2D eigenvalue weighted by atomic mass is 10.4. The summed E-state index contributed by atoms with van der Waals surface area (Å²) in [4.78, 5) is 2.85. The SMILES string of the molecule is c1cc(SC2CS2)ccc1SC1CS1. The van der Waals surface area contributed by atoms with Crippen LogP contribution in [0.4, 0.5) is 0 Å². The molecule has 0 spiro atoms. The first-order valence-corrected chi connectivity index (χ1v) is 8.42. The summed E-state index contributed by atoms with van der Waals surface area (Å²) in [6.07, 6.45) is 0. The Bertz CT molecular complexity index is 280. The Morgan fingerprint density at radius 2 is 1.21 bits per heavy atom. The zero-order valence-electron chi connectivity index (χ0n) is 7.51. The first kappa shape index (κ1) is 9.82. The van der Waals surface area contributed by atoms with Gasteiger partial charge in [-0.15, -0.1) is 47.0 Å². The summed E-state index contributed by atoms with van der Waals surface area (Å²) in [7, 11) is 0. The van der Waals surface area contributed by atoms with Gasteiger partial charge in [0.25, 0.3) is 0 Å². The summed E-state index contributed by atoms with van der Waals surface area (Å²) in [5, 5.41) is 0. The molecule has 2 unspecified atom stereocenters. The van der Waals surface area contributed by atoms with Gasteiger partial charge >= 0.3 is 0 Å². The van der Waals surface area contributed by atoms with Gasteiger partial charge in [0.05, 0.1) is 9.16 Å². The highest BCUT2D eigenvalue weighted by Gasteiger charge is 2.24. The van der Waals surface area contributed by atoms with E-state index < -0.39 is 0 Å². The highest BCUT2D eigenvalue weighted by molar-refractivity contribution is 8.23. The highest BCUT2D eigenvalue weighted by atomic mass is 32.2. The Morgan fingerprint density at radius 1 is 0.857 bits per heavy atom. The molecule has 1 aromatic rings. The van der Waals surface area contributed by atoms with E-state index in [1.165, 1.54) is 21.3 Å². The van der Waals surface area contributed by atoms with Crippen molar-refractivity contribution in [2.75, 3.05) is 11.5 Å². The number of rotatable bonds is 4. The number of hydrogen-bond donors (Lipinski definition) is 0. The van der Waals surface area contributed by atoms with Crippen LogP contribution in [0.2, 0.25) is 0 Å². The Balaban J connectivity index is 1.62. The molecule has 2 saturated heterocycles. The molecule has 14 heavy (non-hydrogen) atoms. The fraction of sp³-hybridized carbons (Fsp3) is 0.400. The zero-order valence-corrected chi connectivity index (χ0v) is 10.8. The van der Waals surface area contributed by atoms with Crippen molar-refractivity contribution < 1.29 is 0 Å². The van der Waals surface area contributed by atoms with Crippen molar-refractivity contribution in [2.24, 2.45) is 0 Å². The fourth-order valence-corrected chi connectivity index (χ4v) is 4.69. The highest BCUT2D eigenvalue weighted by Crippen LogP contribution is 2.46. The minimum atomic E-state index is 0.840. The lowest BCUT2D eigenvalue weighted by Gasteiger charge is -2.01. The van der Waals surface area contributed by atoms with Crippen LogP contribution in [0.1, 0.15) is 0 Å². The molecule has 0 radical (unpaired) electrons. The molecule has 0 saturated carbocycles. The van der Waals surface area contributed by atoms with Crippen LogP contribution in [-0.2, 0) is 0 Å². The molecule has 0 aromatic heterocycles. The molecule has 2 fully saturated rings. The number of hydrogen-bond acceptors (Lipinski definition) is 4. The molecular weight excluding hydrogens is 248 g/mol. The fourth-order valence-electron chi connectivity index (χ4n) is 1.11. The van der Waals surface area contributed by atoms with E-state index in [1.807, 2.05) is 47.0 Å². The van der Waals surface area contributed by atoms with Gasteiger partial charge < -0.3 is 0 Å². The van der Waals surface area contributed by atoms with Gasteiger partial charge in [0, 0.05) is 21.3 Å². The van der Waals surface area contributed by atoms with Crippen molar-refractivity contribution in [3.8, 4) is 0 Å². The summed E-state index contributed by atoms with van der Waals surface area (Å²) in [5.41, 5.74) is 0. The summed E-state index contributed by atoms with van der Waals surface area (Å²) >= 11 is 8.09. The molecular formula is C10H10S4. The second-order valence-corrected chi connectivity index (χ2v) is 8.85. The van der Waals surface area contributed by atoms with Gasteiger partial charge in [0.15, 0.2) is 0 Å². The minimum Gasteiger partial charge on any atom is -0.144 e. The van der Waals surface area contributed by atoms with E-state index in [0.29, 0.717) is 0 Å². The third-order valence-corrected chi connectivity index (χ3v) is 7.00. The quantitative estimate of drug-likeness (QED) is 0.748. The van der Waals surface area contributed by atoms with E-state index in [4.69, 9.17) is 0 Å². The molecule has 1 aromatic carbocycles. The molecule has 0 bridgehead atoms. The summed E-state index contributed by atoms with van der Waals surface area (Å²) in [5.74, 6) is 2.67. The molecule has 2 atom stereocenters. The predicted octanol–water partition coefficient (Wildman–Crippen LogP) is 4.02. The number of benzene rings is 1. The van der Waals surface area contributed by atoms with E-state index in [-0.39, 0.29) is 0 Å². The van der Waals surface area contributed by atoms with Crippen LogP contribution in [0.25, 0.3) is 0 Å². The second kappa shape index (κ2) is 4.24. The van der Waals surface area contributed by atoms with Crippen LogP contribution < -0.4 is 0 Å². The lowest BCUT2D eigenvalue weighted by Crippen LogP contribution is -1.78. The minimum absolute atomic E-state index is 0.840. The van der Waals surface area contributed by atoms with Gasteiger partial charge in [-0.1, -0.05) is 0 Å². The summed E-state index contributed by atoms with van der Waals surface area (Å²) in [6.45, 7) is 0. The molecule has 0 aliphatic carbocycles. The van der Waals surface area contributed by atoms with E-state index in [2.05, 4.69) is 24.3 Å². The van der Waals surface area contributed by atoms with Crippen molar-refractivity contribution in [1.82, 2.24) is 0 Å². The van der Waals surface area contributed by atoms with Gasteiger partial charge in [-0.2, -0.15) is 0 Å². The molecule has 2 aliphatic rings. The van der Waals surface area contributed by atoms with Crippen molar-refractivity contribution in [3.05, 3.63) is 24.3 Å². The van der Waals surface area contributed by atoms with E-state index in [1.54, 1.807) is 0 Å². The van der Waals surface area contributed by atoms with E-state index in [0.717, 1.165) is 9.16 Å². The molecule has 3 rings (SSSR count). The van der Waals surface area contributed by atoms with Gasteiger partial charge in [-0.25, -0.2) is 0 Å². The van der Waals surface area contributed by atoms with Crippen LogP contribution in [0.15, 0.2) is 34.1 Å². The van der Waals surface area contributed by atoms with Crippen LogP contribution in [0.5, 0.6) is 0 Å². The topological polar surface area (TPSA) is 0 Å². The van der Waals surface area contributed by atoms with Gasteiger partial charge in [0.1, 0.15) is 0 Å². The van der Waals surface area contributed by atoms with E-state index in [9.17, 15) is 0 Å². The van der Waals surface area contributed by atoms with E-state index >= 15 is 0 Å². The molecule has 0 nitrogen and oxygen atoms in total. The van der Waals surface area contributed by atoms with Crippen molar-refractivity contribution in [1.29, 1.82) is 0 Å². The lowest BCUT2D eigenvalue weighted by molar-refractivity contribution is 1.34. The zero-order chi connectivity index (χ0) is 9.38. The summed E-state index contributed by atoms with van der Waals surface area (Å²) in [6, 6.07) is 9.05. The molecule has 2 aliphatic heterocycles. The molecule has 2 heterocycles. The van der Waals surface area contributed by atoms with Crippen LogP contribution in [0, 0.1) is 0 Å². The maximum Gasteiger partial charge on any atom is 0.0641 e. The first-order chi connectivity index (χ1) is 6.90. The van der Waals surface area contributed by atoms with Gasteiger partial charge in [0.2, 0.25) is 0 Å². The second-order valence-electron chi connectivity index (χ2n) is 3.23. The van der Waals surface area contributed by atoms with Crippen molar-refractivity contribution in [2.45, 2.75) is 19.0 Å². The Kier molecular flexibility index (Phi) is 2.97. The van der Waals surface area contributed by atoms with Crippen molar-refractivity contribution in [3.63, 3.8) is 0 Å². The average molecular weight is 258 g/mol. The Hall–Kier alpha value is 0.620. The first-order valence-electron chi connectivity index (χ1n) is 4.57. The van der Waals surface area contributed by atoms with Gasteiger partial charge in [-0.05, 0) is 24.3 Å². The van der Waals surface area contributed by atoms with Crippen LogP contribution >= 0.6 is 47.0 Å². The Labute approximate surface area is 101 Å². The summed E-state index contributed by atoms with van der Waals surface area (Å²) < 4.78 is 1.68. The third kappa shape index (κ3) is 2.81. The predicted molar refractivity (Wildman–Crippen MR) is 70.6 cm³/mol. The third-order valence-electron chi connectivity index (χ3n) is 1.96. The smallest absolute Gasteiger partial charge is 0.0641 e. The molecule has 4 heteroatoms. The molecule has 0 amide bonds. The van der Waals surface area contributed by atoms with Gasteiger partial charge in [-0.3, -0.25) is 0 Å². The number of thioether (sulfide) groups is 4. The van der Waals surface area contributed by atoms with Crippen LogP contribution in [0.3, 0.4) is 0 Å². The average Bonchev–Trinajstić information content (AvgIpc) is 3.02. The maximum atomic E-state index is 2.26. The largest absolute Gasteiger partial charge is 0.144 e. The normalized spacial score (nSPS) is 28.9. The van der Waals surface area contributed by atoms with Crippen molar-refractivity contribution >= 4 is 47.0 Å². The monoisotopic (exact) mass is 258 g/mol. The standard InChI is InChI=1S/C10H10S4/c1-2-8(14-10-6-12-10)4-3-7(1)13-9-5-11-9/h1-4,9-10H,5-6H2. The molecule has 74 valence electrons.